The first-order valence-corrected chi connectivity index (χ1v) is 5.12. The summed E-state index contributed by atoms with van der Waals surface area (Å²) in [7, 11) is 0. The number of pyridine rings is 1. The van der Waals surface area contributed by atoms with Crippen molar-refractivity contribution in [2.24, 2.45) is 0 Å². The molecule has 0 N–H and O–H groups in total. The number of hydrogen-bond acceptors (Lipinski definition) is 4. The van der Waals surface area contributed by atoms with Gasteiger partial charge in [0.15, 0.2) is 0 Å². The van der Waals surface area contributed by atoms with E-state index in [2.05, 4.69) is 16.8 Å². The molecule has 0 unspecified atom stereocenters. The molecular formula is C13H7N3O2. The molecule has 0 spiro atoms. The number of aromatic nitrogens is 1. The molecule has 0 saturated carbocycles. The molecule has 2 aromatic rings. The molecule has 1 heterocycles. The lowest BCUT2D eigenvalue weighted by Crippen LogP contribution is -1.92. The molecule has 86 valence electrons. The van der Waals surface area contributed by atoms with Crippen LogP contribution >= 0.6 is 0 Å². The van der Waals surface area contributed by atoms with E-state index in [1.165, 1.54) is 6.07 Å². The highest BCUT2D eigenvalue weighted by Crippen LogP contribution is 2.26. The van der Waals surface area contributed by atoms with Gasteiger partial charge in [0.1, 0.15) is 0 Å². The summed E-state index contributed by atoms with van der Waals surface area (Å²) in [5, 5.41) is 19.8. The molecule has 0 saturated heterocycles. The van der Waals surface area contributed by atoms with Crippen molar-refractivity contribution in [1.29, 1.82) is 5.26 Å². The van der Waals surface area contributed by atoms with Crippen molar-refractivity contribution in [3.63, 3.8) is 0 Å². The van der Waals surface area contributed by atoms with Gasteiger partial charge < -0.3 is 0 Å². The third-order valence-electron chi connectivity index (χ3n) is 2.33. The van der Waals surface area contributed by atoms with Gasteiger partial charge in [0, 0.05) is 12.3 Å². The van der Waals surface area contributed by atoms with Crippen LogP contribution in [0.1, 0.15) is 12.0 Å². The molecule has 0 atom stereocenters. The normalized spacial score (nSPS) is 9.28. The van der Waals surface area contributed by atoms with E-state index in [0.717, 1.165) is 0 Å². The fourth-order valence-corrected chi connectivity index (χ4v) is 1.60. The molecule has 0 radical (unpaired) electrons. The molecule has 0 aliphatic rings. The van der Waals surface area contributed by atoms with Gasteiger partial charge in [0.25, 0.3) is 5.69 Å². The maximum atomic E-state index is 10.9. The Balaban J connectivity index is 2.66. The standard InChI is InChI=1S/C13H7N3O2/c14-8-2-1-4-10-6-7-12(16(17)18)11-5-3-9-15-13(10)11/h3,5-7,9H,2H2. The van der Waals surface area contributed by atoms with Gasteiger partial charge in [-0.05, 0) is 18.2 Å². The zero-order chi connectivity index (χ0) is 13.0. The minimum absolute atomic E-state index is 0.00364. The zero-order valence-corrected chi connectivity index (χ0v) is 9.25. The summed E-state index contributed by atoms with van der Waals surface area (Å²) in [6, 6.07) is 8.15. The Hall–Kier alpha value is -2.92. The number of rotatable bonds is 1. The van der Waals surface area contributed by atoms with Gasteiger partial charge in [-0.15, -0.1) is 0 Å². The maximum Gasteiger partial charge on any atom is 0.278 e. The predicted molar refractivity (Wildman–Crippen MR) is 65.5 cm³/mol. The Bertz CT molecular complexity index is 720. The fraction of sp³-hybridized carbons (Fsp3) is 0.0769. The number of nitro groups is 1. The lowest BCUT2D eigenvalue weighted by atomic mass is 10.1. The van der Waals surface area contributed by atoms with Crippen LogP contribution in [0.15, 0.2) is 30.5 Å². The lowest BCUT2D eigenvalue weighted by Gasteiger charge is -2.00. The van der Waals surface area contributed by atoms with E-state index >= 15 is 0 Å². The Kier molecular flexibility index (Phi) is 3.17. The van der Waals surface area contributed by atoms with Crippen LogP contribution in [0.2, 0.25) is 0 Å². The number of nitrogens with zero attached hydrogens (tertiary/aromatic N) is 3. The average Bonchev–Trinajstić information content (AvgIpc) is 2.38. The van der Waals surface area contributed by atoms with Gasteiger partial charge in [-0.1, -0.05) is 11.8 Å². The van der Waals surface area contributed by atoms with Gasteiger partial charge >= 0.3 is 0 Å². The van der Waals surface area contributed by atoms with Crippen LogP contribution < -0.4 is 0 Å². The van der Waals surface area contributed by atoms with Gasteiger partial charge in [-0.25, -0.2) is 0 Å². The summed E-state index contributed by atoms with van der Waals surface area (Å²) in [5.74, 6) is 5.47. The van der Waals surface area contributed by atoms with Crippen molar-refractivity contribution in [2.75, 3.05) is 0 Å². The van der Waals surface area contributed by atoms with Crippen molar-refractivity contribution >= 4 is 16.6 Å². The average molecular weight is 237 g/mol. The minimum atomic E-state index is -0.448. The van der Waals surface area contributed by atoms with E-state index < -0.39 is 4.92 Å². The second kappa shape index (κ2) is 4.94. The monoisotopic (exact) mass is 237 g/mol. The summed E-state index contributed by atoms with van der Waals surface area (Å²) in [4.78, 5) is 14.6. The van der Waals surface area contributed by atoms with E-state index in [1.54, 1.807) is 24.4 Å². The predicted octanol–water partition coefficient (Wildman–Crippen LogP) is 2.41. The molecular weight excluding hydrogens is 230 g/mol. The summed E-state index contributed by atoms with van der Waals surface area (Å²) < 4.78 is 0. The fourth-order valence-electron chi connectivity index (χ4n) is 1.60. The molecule has 0 amide bonds. The van der Waals surface area contributed by atoms with Gasteiger partial charge in [0.2, 0.25) is 0 Å². The first kappa shape index (κ1) is 11.6. The molecule has 1 aromatic heterocycles. The van der Waals surface area contributed by atoms with Gasteiger partial charge in [0.05, 0.1) is 33.9 Å². The Morgan fingerprint density at radius 2 is 2.22 bits per heavy atom. The van der Waals surface area contributed by atoms with E-state index in [0.29, 0.717) is 16.5 Å². The van der Waals surface area contributed by atoms with E-state index in [-0.39, 0.29) is 12.1 Å². The number of hydrogen-bond donors (Lipinski definition) is 0. The first-order chi connectivity index (χ1) is 8.74. The number of fused-ring (bicyclic) bond motifs is 1. The minimum Gasteiger partial charge on any atom is -0.258 e. The SMILES string of the molecule is N#CCC#Cc1ccc([N+](=O)[O-])c2cccnc12. The highest BCUT2D eigenvalue weighted by molar-refractivity contribution is 5.92. The first-order valence-electron chi connectivity index (χ1n) is 5.12. The Morgan fingerprint density at radius 1 is 1.39 bits per heavy atom. The van der Waals surface area contributed by atoms with E-state index in [9.17, 15) is 10.1 Å². The highest BCUT2D eigenvalue weighted by atomic mass is 16.6. The number of non-ortho nitro benzene ring substituents is 1. The van der Waals surface area contributed by atoms with E-state index in [1.807, 2.05) is 6.07 Å². The van der Waals surface area contributed by atoms with Gasteiger partial charge in [-0.2, -0.15) is 5.26 Å². The van der Waals surface area contributed by atoms with Crippen molar-refractivity contribution in [1.82, 2.24) is 4.98 Å². The van der Waals surface area contributed by atoms with Crippen molar-refractivity contribution in [3.8, 4) is 17.9 Å². The van der Waals surface area contributed by atoms with Crippen LogP contribution in [-0.2, 0) is 0 Å². The molecule has 5 heteroatoms. The van der Waals surface area contributed by atoms with Crippen molar-refractivity contribution in [3.05, 3.63) is 46.1 Å². The molecule has 0 bridgehead atoms. The molecule has 18 heavy (non-hydrogen) atoms. The molecule has 1 aromatic carbocycles. The molecule has 0 aliphatic heterocycles. The molecule has 0 fully saturated rings. The summed E-state index contributed by atoms with van der Waals surface area (Å²) >= 11 is 0. The van der Waals surface area contributed by atoms with Gasteiger partial charge in [-0.3, -0.25) is 15.1 Å². The number of nitriles is 1. The summed E-state index contributed by atoms with van der Waals surface area (Å²) in [6.45, 7) is 0. The van der Waals surface area contributed by atoms with Crippen LogP contribution in [0.4, 0.5) is 5.69 Å². The van der Waals surface area contributed by atoms with E-state index in [4.69, 9.17) is 5.26 Å². The summed E-state index contributed by atoms with van der Waals surface area (Å²) in [5.41, 5.74) is 1.08. The lowest BCUT2D eigenvalue weighted by molar-refractivity contribution is -0.383. The number of nitro benzene ring substituents is 1. The van der Waals surface area contributed by atoms with Crippen LogP contribution in [0.5, 0.6) is 0 Å². The van der Waals surface area contributed by atoms with Crippen molar-refractivity contribution in [2.45, 2.75) is 6.42 Å². The Morgan fingerprint density at radius 3 is 2.94 bits per heavy atom. The molecule has 5 nitrogen and oxygen atoms in total. The second-order valence-electron chi connectivity index (χ2n) is 3.43. The molecule has 0 aliphatic carbocycles. The Labute approximate surface area is 103 Å². The highest BCUT2D eigenvalue weighted by Gasteiger charge is 2.13. The quantitative estimate of drug-likeness (QED) is 0.433. The smallest absolute Gasteiger partial charge is 0.258 e. The third-order valence-corrected chi connectivity index (χ3v) is 2.33. The largest absolute Gasteiger partial charge is 0.278 e. The van der Waals surface area contributed by atoms with Crippen LogP contribution in [-0.4, -0.2) is 9.91 Å². The number of benzene rings is 1. The van der Waals surface area contributed by atoms with Crippen LogP contribution in [0.3, 0.4) is 0 Å². The third kappa shape index (κ3) is 2.11. The molecule has 2 rings (SSSR count). The summed E-state index contributed by atoms with van der Waals surface area (Å²) in [6.07, 6.45) is 1.67. The second-order valence-corrected chi connectivity index (χ2v) is 3.43. The zero-order valence-electron chi connectivity index (χ0n) is 9.25. The maximum absolute atomic E-state index is 10.9. The van der Waals surface area contributed by atoms with Crippen LogP contribution in [0.25, 0.3) is 10.9 Å². The van der Waals surface area contributed by atoms with Crippen molar-refractivity contribution < 1.29 is 4.92 Å². The van der Waals surface area contributed by atoms with Crippen LogP contribution in [0, 0.1) is 33.3 Å². The topological polar surface area (TPSA) is 79.8 Å².